The fourth-order valence-corrected chi connectivity index (χ4v) is 3.66. The maximum Gasteiger partial charge on any atom is -0.0110 e. The fraction of sp³-hybridized carbons (Fsp3) is 0.667. The minimum Gasteiger partial charge on any atom is -0.100 e. The molecule has 0 aliphatic heterocycles. The lowest BCUT2D eigenvalue weighted by molar-refractivity contribution is 0.385. The molecule has 2 fully saturated rings. The predicted octanol–water partition coefficient (Wildman–Crippen LogP) is 15.6. The van der Waals surface area contributed by atoms with Crippen molar-refractivity contribution in [3.8, 4) is 0 Å². The minimum absolute atomic E-state index is 1.04. The Bertz CT molecular complexity index is 777. The molecule has 0 N–H and O–H groups in total. The summed E-state index contributed by atoms with van der Waals surface area (Å²) in [6, 6.07) is 6.47. The Morgan fingerprint density at radius 2 is 1.17 bits per heavy atom. The number of hydrogen-bond donors (Lipinski definition) is 0. The van der Waals surface area contributed by atoms with E-state index >= 15 is 0 Å². The van der Waals surface area contributed by atoms with E-state index in [2.05, 4.69) is 100 Å². The van der Waals surface area contributed by atoms with Gasteiger partial charge in [0.1, 0.15) is 0 Å². The Kier molecular flexibility index (Phi) is 37.8. The summed E-state index contributed by atoms with van der Waals surface area (Å²) in [6.07, 6.45) is 19.1. The van der Waals surface area contributed by atoms with Gasteiger partial charge in [-0.05, 0) is 70.1 Å². The molecule has 2 saturated carbocycles. The Labute approximate surface area is 268 Å². The van der Waals surface area contributed by atoms with E-state index in [0.717, 1.165) is 17.4 Å². The summed E-state index contributed by atoms with van der Waals surface area (Å²) in [7, 11) is 0. The van der Waals surface area contributed by atoms with E-state index in [1.54, 1.807) is 0 Å². The quantitative estimate of drug-likeness (QED) is 0.231. The molecule has 0 saturated heterocycles. The molecule has 0 amide bonds. The highest BCUT2D eigenvalue weighted by Gasteiger charge is 2.17. The molecule has 246 valence electrons. The molecule has 0 nitrogen and oxygen atoms in total. The van der Waals surface area contributed by atoms with Crippen LogP contribution in [0, 0.1) is 18.8 Å². The molecule has 0 radical (unpaired) electrons. The molecule has 3 rings (SSSR count). The maximum absolute atomic E-state index is 4.05. The van der Waals surface area contributed by atoms with E-state index in [1.807, 2.05) is 40.7 Å². The molecule has 0 heteroatoms. The summed E-state index contributed by atoms with van der Waals surface area (Å²) in [5.74, 6) is 2.17. The Morgan fingerprint density at radius 1 is 0.738 bits per heavy atom. The Morgan fingerprint density at radius 3 is 1.38 bits per heavy atom. The van der Waals surface area contributed by atoms with Gasteiger partial charge >= 0.3 is 0 Å². The number of aryl methyl sites for hydroxylation is 1. The Balaban J connectivity index is -0.000000230. The summed E-state index contributed by atoms with van der Waals surface area (Å²) in [4.78, 5) is 0. The van der Waals surface area contributed by atoms with Crippen LogP contribution in [-0.4, -0.2) is 0 Å². The second kappa shape index (κ2) is 33.7. The summed E-state index contributed by atoms with van der Waals surface area (Å²) < 4.78 is 0. The lowest BCUT2D eigenvalue weighted by Crippen LogP contribution is -1.99. The molecule has 0 heterocycles. The summed E-state index contributed by atoms with van der Waals surface area (Å²) in [6.45, 7) is 41.2. The summed E-state index contributed by atoms with van der Waals surface area (Å²) >= 11 is 0. The summed E-state index contributed by atoms with van der Waals surface area (Å²) in [5.41, 5.74) is 8.46. The first-order chi connectivity index (χ1) is 19.9. The molecule has 0 aromatic heterocycles. The predicted molar refractivity (Wildman–Crippen MR) is 203 cm³/mol. The van der Waals surface area contributed by atoms with Crippen molar-refractivity contribution in [1.82, 2.24) is 0 Å². The summed E-state index contributed by atoms with van der Waals surface area (Å²) in [5, 5.41) is 0. The monoisotopic (exact) mass is 583 g/mol. The molecule has 2 aliphatic carbocycles. The van der Waals surface area contributed by atoms with Crippen LogP contribution >= 0.6 is 0 Å². The van der Waals surface area contributed by atoms with Crippen LogP contribution in [0.1, 0.15) is 184 Å². The van der Waals surface area contributed by atoms with Gasteiger partial charge < -0.3 is 0 Å². The zero-order valence-corrected chi connectivity index (χ0v) is 31.6. The van der Waals surface area contributed by atoms with Gasteiger partial charge in [0, 0.05) is 0 Å². The van der Waals surface area contributed by atoms with Crippen LogP contribution in [0.25, 0.3) is 11.1 Å². The van der Waals surface area contributed by atoms with E-state index in [1.165, 1.54) is 110 Å². The van der Waals surface area contributed by atoms with Crippen LogP contribution in [0.3, 0.4) is 0 Å². The lowest BCUT2D eigenvalue weighted by atomic mass is 9.91. The lowest BCUT2D eigenvalue weighted by Gasteiger charge is -2.15. The van der Waals surface area contributed by atoms with Crippen molar-refractivity contribution in [3.63, 3.8) is 0 Å². The third-order valence-electron chi connectivity index (χ3n) is 6.84. The van der Waals surface area contributed by atoms with Crippen molar-refractivity contribution in [2.75, 3.05) is 0 Å². The molecule has 2 aliphatic rings. The van der Waals surface area contributed by atoms with Crippen LogP contribution in [0.4, 0.5) is 0 Å². The average molecular weight is 583 g/mol. The number of hydrogen-bond acceptors (Lipinski definition) is 0. The van der Waals surface area contributed by atoms with Crippen LogP contribution in [0.15, 0.2) is 55.2 Å². The van der Waals surface area contributed by atoms with Crippen molar-refractivity contribution >= 4 is 11.1 Å². The van der Waals surface area contributed by atoms with Gasteiger partial charge in [-0.2, -0.15) is 0 Å². The molecular weight excluding hydrogens is 504 g/mol. The second-order valence-corrected chi connectivity index (χ2v) is 12.2. The standard InChI is InChI=1S/C16H20.C7H14.C5H10.C4H8.2C4H10.C2H6/c1-7-14(11(2)3)15-9-8-13(6)10-16(15)12(4)5;1-7-5-3-2-4-6-7;1-2-5-3-4-5;1-4(2)3;2*1-3-4-2;1-2/h7-10H,1,4H2,2-3,5-6H3;7H,2-6H2,1H3;5H,2-4H2,1H3;1H2,2-3H3;2*3-4H2,1-2H3;1-2H3. The van der Waals surface area contributed by atoms with Gasteiger partial charge in [-0.15, -0.1) is 6.58 Å². The highest BCUT2D eigenvalue weighted by atomic mass is 14.2. The van der Waals surface area contributed by atoms with Gasteiger partial charge in [0.25, 0.3) is 0 Å². The van der Waals surface area contributed by atoms with Crippen LogP contribution in [-0.2, 0) is 0 Å². The van der Waals surface area contributed by atoms with Crippen molar-refractivity contribution in [2.45, 2.75) is 174 Å². The topological polar surface area (TPSA) is 0 Å². The average Bonchev–Trinajstić information content (AvgIpc) is 3.81. The van der Waals surface area contributed by atoms with Gasteiger partial charge in [-0.3, -0.25) is 0 Å². The first-order valence-corrected chi connectivity index (χ1v) is 17.5. The molecule has 1 aromatic carbocycles. The molecule has 42 heavy (non-hydrogen) atoms. The first kappa shape index (κ1) is 47.1. The molecule has 1 aromatic rings. The van der Waals surface area contributed by atoms with Crippen molar-refractivity contribution in [2.24, 2.45) is 11.8 Å². The molecule has 0 unspecified atom stereocenters. The van der Waals surface area contributed by atoms with Gasteiger partial charge in [-0.1, -0.05) is 192 Å². The SMILES string of the molecule is C=C(C)C.C=CC(=C(C)C)c1ccc(C)cc1C(=C)C.CC.CC1CCCCC1.CCC1CC1.CCCC.CCCC. The largest absolute Gasteiger partial charge is 0.100 e. The van der Waals surface area contributed by atoms with Crippen molar-refractivity contribution in [1.29, 1.82) is 0 Å². The van der Waals surface area contributed by atoms with Gasteiger partial charge in [0.2, 0.25) is 0 Å². The smallest absolute Gasteiger partial charge is 0.0110 e. The minimum atomic E-state index is 1.04. The third kappa shape index (κ3) is 32.7. The molecule has 0 bridgehead atoms. The van der Waals surface area contributed by atoms with Crippen LogP contribution in [0.2, 0.25) is 0 Å². The van der Waals surface area contributed by atoms with Crippen LogP contribution in [0.5, 0.6) is 0 Å². The highest BCUT2D eigenvalue weighted by Crippen LogP contribution is 2.31. The number of benzene rings is 1. The van der Waals surface area contributed by atoms with Gasteiger partial charge in [0.15, 0.2) is 0 Å². The molecular formula is C42H78. The maximum atomic E-state index is 4.05. The molecule has 0 atom stereocenters. The van der Waals surface area contributed by atoms with Gasteiger partial charge in [-0.25, -0.2) is 0 Å². The van der Waals surface area contributed by atoms with Crippen molar-refractivity contribution < 1.29 is 0 Å². The van der Waals surface area contributed by atoms with E-state index in [4.69, 9.17) is 0 Å². The number of unbranched alkanes of at least 4 members (excludes halogenated alkanes) is 2. The third-order valence-corrected chi connectivity index (χ3v) is 6.84. The highest BCUT2D eigenvalue weighted by molar-refractivity contribution is 5.84. The zero-order chi connectivity index (χ0) is 33.5. The normalized spacial score (nSPS) is 12.9. The fourth-order valence-electron chi connectivity index (χ4n) is 3.66. The van der Waals surface area contributed by atoms with E-state index in [9.17, 15) is 0 Å². The zero-order valence-electron chi connectivity index (χ0n) is 31.6. The van der Waals surface area contributed by atoms with Gasteiger partial charge in [0.05, 0.1) is 0 Å². The van der Waals surface area contributed by atoms with Crippen molar-refractivity contribution in [3.05, 3.63) is 71.8 Å². The number of allylic oxidation sites excluding steroid dienone is 5. The number of rotatable bonds is 6. The first-order valence-electron chi connectivity index (χ1n) is 17.5. The second-order valence-electron chi connectivity index (χ2n) is 12.2. The Hall–Kier alpha value is -1.82. The van der Waals surface area contributed by atoms with Crippen LogP contribution < -0.4 is 0 Å². The van der Waals surface area contributed by atoms with E-state index in [-0.39, 0.29) is 0 Å². The molecule has 0 spiro atoms. The van der Waals surface area contributed by atoms with E-state index < -0.39 is 0 Å². The van der Waals surface area contributed by atoms with E-state index in [0.29, 0.717) is 0 Å².